The summed E-state index contributed by atoms with van der Waals surface area (Å²) in [5.74, 6) is -3.12. The molecule has 0 aliphatic carbocycles. The summed E-state index contributed by atoms with van der Waals surface area (Å²) in [6, 6.07) is 0. The first-order chi connectivity index (χ1) is 8.17. The Morgan fingerprint density at radius 1 is 0.833 bits per heavy atom. The smallest absolute Gasteiger partial charge is 0.303 e. The van der Waals surface area contributed by atoms with Crippen LogP contribution in [0.3, 0.4) is 0 Å². The summed E-state index contributed by atoms with van der Waals surface area (Å²) in [7, 11) is 0. The number of carbonyl (C=O) groups is 4. The monoisotopic (exact) mass is 260 g/mol. The molecule has 8 heteroatoms. The number of carboxylic acid groups (broad SMARTS) is 2. The second-order valence-corrected chi connectivity index (χ2v) is 2.50. The van der Waals surface area contributed by atoms with E-state index in [1.54, 1.807) is 0 Å². The lowest BCUT2D eigenvalue weighted by Gasteiger charge is -1.85. The number of carboxylic acids is 2. The molecule has 8 nitrogen and oxygen atoms in total. The summed E-state index contributed by atoms with van der Waals surface area (Å²) in [6.45, 7) is 6.17. The molecule has 0 saturated carbocycles. The van der Waals surface area contributed by atoms with Gasteiger partial charge in [-0.3, -0.25) is 19.2 Å². The van der Waals surface area contributed by atoms with Crippen molar-refractivity contribution < 1.29 is 29.4 Å². The third-order valence-corrected chi connectivity index (χ3v) is 0.955. The number of carbonyl (C=O) groups excluding carboxylic acids is 2. The first-order valence-corrected chi connectivity index (χ1v) is 4.44. The molecular formula is C10H16N2O6. The lowest BCUT2D eigenvalue weighted by Crippen LogP contribution is -2.04. The Bertz CT molecular complexity index is 292. The maximum atomic E-state index is 9.64. The number of amides is 2. The van der Waals surface area contributed by atoms with Crippen molar-refractivity contribution in [2.24, 2.45) is 11.5 Å². The van der Waals surface area contributed by atoms with E-state index < -0.39 is 23.8 Å². The molecule has 6 N–H and O–H groups in total. The molecule has 2 amide bonds. The maximum absolute atomic E-state index is 9.64. The van der Waals surface area contributed by atoms with Crippen molar-refractivity contribution in [3.8, 4) is 0 Å². The topological polar surface area (TPSA) is 161 Å². The second kappa shape index (κ2) is 14.4. The van der Waals surface area contributed by atoms with Gasteiger partial charge < -0.3 is 21.7 Å². The molecule has 0 aromatic heterocycles. The van der Waals surface area contributed by atoms with Gasteiger partial charge in [-0.1, -0.05) is 13.2 Å². The van der Waals surface area contributed by atoms with Gasteiger partial charge in [0.15, 0.2) is 0 Å². The highest BCUT2D eigenvalue weighted by molar-refractivity contribution is 5.85. The zero-order valence-corrected chi connectivity index (χ0v) is 9.67. The van der Waals surface area contributed by atoms with Crippen LogP contribution in [0.25, 0.3) is 0 Å². The second-order valence-electron chi connectivity index (χ2n) is 2.50. The molecule has 0 saturated heterocycles. The highest BCUT2D eigenvalue weighted by Crippen LogP contribution is 1.86. The van der Waals surface area contributed by atoms with Crippen LogP contribution >= 0.6 is 0 Å². The molecule has 18 heavy (non-hydrogen) atoms. The van der Waals surface area contributed by atoms with Crippen LogP contribution in [0, 0.1) is 0 Å². The Morgan fingerprint density at radius 2 is 1.00 bits per heavy atom. The van der Waals surface area contributed by atoms with E-state index in [2.05, 4.69) is 24.6 Å². The van der Waals surface area contributed by atoms with Crippen LogP contribution < -0.4 is 11.5 Å². The van der Waals surface area contributed by atoms with Crippen molar-refractivity contribution >= 4 is 23.8 Å². The number of nitrogens with two attached hydrogens (primary N) is 2. The average molecular weight is 260 g/mol. The van der Waals surface area contributed by atoms with Crippen LogP contribution in [0.2, 0.25) is 0 Å². The van der Waals surface area contributed by atoms with Gasteiger partial charge in [-0.25, -0.2) is 0 Å². The SMILES string of the molecule is C=CC(N)=O.C=CC(N)=O.O=C(O)CCC(=O)O. The van der Waals surface area contributed by atoms with Crippen LogP contribution in [0.4, 0.5) is 0 Å². The molecule has 102 valence electrons. The van der Waals surface area contributed by atoms with E-state index in [-0.39, 0.29) is 12.8 Å². The molecule has 0 spiro atoms. The number of rotatable bonds is 5. The van der Waals surface area contributed by atoms with E-state index in [1.165, 1.54) is 0 Å². The summed E-state index contributed by atoms with van der Waals surface area (Å²) in [5.41, 5.74) is 9.07. The van der Waals surface area contributed by atoms with E-state index in [0.29, 0.717) is 0 Å². The van der Waals surface area contributed by atoms with Gasteiger partial charge in [-0.15, -0.1) is 0 Å². The average Bonchev–Trinajstić information content (AvgIpc) is 2.27. The van der Waals surface area contributed by atoms with E-state index in [4.69, 9.17) is 10.2 Å². The van der Waals surface area contributed by atoms with E-state index in [0.717, 1.165) is 12.2 Å². The minimum atomic E-state index is -1.08. The fourth-order valence-electron chi connectivity index (χ4n) is 0.214. The van der Waals surface area contributed by atoms with Gasteiger partial charge in [0.05, 0.1) is 12.8 Å². The summed E-state index contributed by atoms with van der Waals surface area (Å²) in [5, 5.41) is 15.8. The van der Waals surface area contributed by atoms with Gasteiger partial charge in [0.25, 0.3) is 0 Å². The maximum Gasteiger partial charge on any atom is 0.303 e. The molecule has 0 atom stereocenters. The predicted octanol–water partition coefficient (Wildman–Crippen LogP) is -0.749. The molecule has 0 aliphatic heterocycles. The van der Waals surface area contributed by atoms with Crippen molar-refractivity contribution in [1.29, 1.82) is 0 Å². The quantitative estimate of drug-likeness (QED) is 0.475. The molecule has 0 heterocycles. The lowest BCUT2D eigenvalue weighted by molar-refractivity contribution is -0.143. The van der Waals surface area contributed by atoms with Gasteiger partial charge >= 0.3 is 11.9 Å². The zero-order valence-electron chi connectivity index (χ0n) is 9.67. The van der Waals surface area contributed by atoms with Gasteiger partial charge in [0.1, 0.15) is 0 Å². The van der Waals surface area contributed by atoms with Crippen molar-refractivity contribution in [3.63, 3.8) is 0 Å². The van der Waals surface area contributed by atoms with Crippen LogP contribution in [0.1, 0.15) is 12.8 Å². The Balaban J connectivity index is -0.000000197. The van der Waals surface area contributed by atoms with Crippen LogP contribution in [0.15, 0.2) is 25.3 Å². The summed E-state index contributed by atoms with van der Waals surface area (Å²) in [4.78, 5) is 38.2. The highest BCUT2D eigenvalue weighted by Gasteiger charge is 2.00. The van der Waals surface area contributed by atoms with Crippen LogP contribution in [-0.2, 0) is 19.2 Å². The van der Waals surface area contributed by atoms with Gasteiger partial charge in [-0.05, 0) is 12.2 Å². The number of primary amides is 2. The normalized spacial score (nSPS) is 7.33. The summed E-state index contributed by atoms with van der Waals surface area (Å²) < 4.78 is 0. The molecule has 0 bridgehead atoms. The van der Waals surface area contributed by atoms with Gasteiger partial charge in [0.2, 0.25) is 11.8 Å². The molecule has 0 aliphatic rings. The molecule has 0 fully saturated rings. The lowest BCUT2D eigenvalue weighted by atomic mass is 10.3. The van der Waals surface area contributed by atoms with E-state index >= 15 is 0 Å². The number of hydrogen-bond donors (Lipinski definition) is 4. The third kappa shape index (κ3) is 50.5. The predicted molar refractivity (Wildman–Crippen MR) is 63.3 cm³/mol. The molecule has 0 unspecified atom stereocenters. The summed E-state index contributed by atoms with van der Waals surface area (Å²) >= 11 is 0. The van der Waals surface area contributed by atoms with E-state index in [1.807, 2.05) is 0 Å². The Kier molecular flexibility index (Phi) is 16.5. The fourth-order valence-corrected chi connectivity index (χ4v) is 0.214. The van der Waals surface area contributed by atoms with Crippen molar-refractivity contribution in [2.45, 2.75) is 12.8 Å². The van der Waals surface area contributed by atoms with Crippen LogP contribution in [0.5, 0.6) is 0 Å². The third-order valence-electron chi connectivity index (χ3n) is 0.955. The van der Waals surface area contributed by atoms with Crippen molar-refractivity contribution in [3.05, 3.63) is 25.3 Å². The number of aliphatic carboxylic acids is 2. The first-order valence-electron chi connectivity index (χ1n) is 4.44. The molecule has 0 aromatic rings. The van der Waals surface area contributed by atoms with Crippen molar-refractivity contribution in [1.82, 2.24) is 0 Å². The Hall–Kier alpha value is -2.64. The van der Waals surface area contributed by atoms with Crippen molar-refractivity contribution in [2.75, 3.05) is 0 Å². The minimum absolute atomic E-state index is 0.296. The van der Waals surface area contributed by atoms with Gasteiger partial charge in [-0.2, -0.15) is 0 Å². The Labute approximate surface area is 104 Å². The first kappa shape index (κ1) is 20.7. The van der Waals surface area contributed by atoms with Gasteiger partial charge in [0, 0.05) is 0 Å². The standard InChI is InChI=1S/C4H6O4.2C3H5NO/c5-3(6)1-2-4(7)8;2*1-2-3(4)5/h1-2H2,(H,5,6)(H,7,8);2*2H,1H2,(H2,4,5). The fraction of sp³-hybridized carbons (Fsp3) is 0.200. The van der Waals surface area contributed by atoms with Crippen LogP contribution in [-0.4, -0.2) is 34.0 Å². The zero-order chi connectivity index (χ0) is 15.1. The minimum Gasteiger partial charge on any atom is -0.481 e. The molecule has 0 radical (unpaired) electrons. The summed E-state index contributed by atoms with van der Waals surface area (Å²) in [6.07, 6.45) is 1.52. The molecular weight excluding hydrogens is 244 g/mol. The highest BCUT2D eigenvalue weighted by atomic mass is 16.4. The number of hydrogen-bond acceptors (Lipinski definition) is 4. The molecule has 0 aromatic carbocycles. The Morgan fingerprint density at radius 3 is 1.06 bits per heavy atom. The molecule has 0 rings (SSSR count). The van der Waals surface area contributed by atoms with E-state index in [9.17, 15) is 19.2 Å². The largest absolute Gasteiger partial charge is 0.481 e.